The quantitative estimate of drug-likeness (QED) is 0.394. The van der Waals surface area contributed by atoms with Crippen LogP contribution in [0.2, 0.25) is 0 Å². The Kier molecular flexibility index (Phi) is 4.73. The molecule has 0 aliphatic heterocycles. The van der Waals surface area contributed by atoms with Gasteiger partial charge in [-0.1, -0.05) is 34.8 Å². The lowest BCUT2D eigenvalue weighted by Gasteiger charge is -2.10. The highest BCUT2D eigenvalue weighted by atomic mass is 127. The predicted octanol–water partition coefficient (Wildman–Crippen LogP) is 5.41. The Balaban J connectivity index is 1.92. The van der Waals surface area contributed by atoms with E-state index in [4.69, 9.17) is 39.2 Å². The van der Waals surface area contributed by atoms with E-state index in [0.717, 1.165) is 9.13 Å². The number of oxazole rings is 1. The first-order valence-corrected chi connectivity index (χ1v) is 8.59. The van der Waals surface area contributed by atoms with Crippen LogP contribution in [0, 0.1) is 3.57 Å². The van der Waals surface area contributed by atoms with Crippen molar-refractivity contribution < 1.29 is 9.21 Å². The molecule has 1 amide bonds. The average Bonchev–Trinajstić information content (AvgIpc) is 2.90. The fourth-order valence-corrected chi connectivity index (χ4v) is 2.42. The Morgan fingerprint density at radius 1 is 1.13 bits per heavy atom. The van der Waals surface area contributed by atoms with Crippen molar-refractivity contribution in [3.63, 3.8) is 0 Å². The van der Waals surface area contributed by atoms with Gasteiger partial charge in [-0.05, 0) is 65.1 Å². The lowest BCUT2D eigenvalue weighted by Crippen LogP contribution is -2.26. The monoisotopic (exact) mass is 480 g/mol. The van der Waals surface area contributed by atoms with Gasteiger partial charge in [0.25, 0.3) is 9.70 Å². The molecule has 0 saturated carbocycles. The van der Waals surface area contributed by atoms with E-state index in [0.29, 0.717) is 22.7 Å². The molecule has 23 heavy (non-hydrogen) atoms. The number of anilines is 1. The van der Waals surface area contributed by atoms with Gasteiger partial charge in [0, 0.05) is 14.8 Å². The van der Waals surface area contributed by atoms with Crippen LogP contribution in [0.1, 0.15) is 0 Å². The van der Waals surface area contributed by atoms with E-state index >= 15 is 0 Å². The van der Waals surface area contributed by atoms with Crippen LogP contribution < -0.4 is 5.32 Å². The van der Waals surface area contributed by atoms with Crippen molar-refractivity contribution in [3.8, 4) is 11.5 Å². The first-order chi connectivity index (χ1) is 10.8. The normalized spacial score (nSPS) is 11.7. The Morgan fingerprint density at radius 2 is 1.83 bits per heavy atom. The van der Waals surface area contributed by atoms with E-state index < -0.39 is 9.70 Å². The second-order valence-electron chi connectivity index (χ2n) is 4.66. The minimum atomic E-state index is -2.02. The van der Waals surface area contributed by atoms with Crippen LogP contribution >= 0.6 is 57.4 Å². The molecule has 0 aliphatic rings. The minimum absolute atomic E-state index is 0.469. The SMILES string of the molecule is O=C(Nc1ccc2oc(-c3ccc(I)cc3)nc2c1)C(Cl)(Cl)Cl. The smallest absolute Gasteiger partial charge is 0.276 e. The number of nitrogens with one attached hydrogen (secondary N) is 1. The molecular weight excluding hydrogens is 473 g/mol. The number of halogens is 4. The highest BCUT2D eigenvalue weighted by Crippen LogP contribution is 2.30. The second kappa shape index (κ2) is 6.47. The molecule has 0 spiro atoms. The largest absolute Gasteiger partial charge is 0.436 e. The van der Waals surface area contributed by atoms with Gasteiger partial charge in [-0.2, -0.15) is 0 Å². The van der Waals surface area contributed by atoms with Crippen LogP contribution in [0.4, 0.5) is 5.69 Å². The molecule has 0 aliphatic carbocycles. The van der Waals surface area contributed by atoms with Gasteiger partial charge in [0.15, 0.2) is 5.58 Å². The number of hydrogen-bond donors (Lipinski definition) is 1. The number of carbonyl (C=O) groups is 1. The summed E-state index contributed by atoms with van der Waals surface area (Å²) in [4.78, 5) is 16.1. The zero-order valence-corrected chi connectivity index (χ0v) is 15.7. The topological polar surface area (TPSA) is 55.1 Å². The van der Waals surface area contributed by atoms with Gasteiger partial charge in [0.2, 0.25) is 5.89 Å². The summed E-state index contributed by atoms with van der Waals surface area (Å²) >= 11 is 18.8. The first kappa shape index (κ1) is 16.8. The molecule has 0 atom stereocenters. The van der Waals surface area contributed by atoms with Crippen molar-refractivity contribution in [2.24, 2.45) is 0 Å². The number of rotatable bonds is 2. The van der Waals surface area contributed by atoms with Crippen LogP contribution in [-0.2, 0) is 4.79 Å². The molecule has 0 fully saturated rings. The summed E-state index contributed by atoms with van der Waals surface area (Å²) in [5.41, 5.74) is 2.54. The molecule has 8 heteroatoms. The number of hydrogen-bond acceptors (Lipinski definition) is 3. The Hall–Kier alpha value is -1.02. The van der Waals surface area contributed by atoms with Crippen LogP contribution in [0.25, 0.3) is 22.6 Å². The maximum atomic E-state index is 11.7. The molecule has 0 saturated heterocycles. The number of carbonyl (C=O) groups excluding carboxylic acids is 1. The van der Waals surface area contributed by atoms with E-state index in [1.165, 1.54) is 0 Å². The third kappa shape index (κ3) is 3.91. The fraction of sp³-hybridized carbons (Fsp3) is 0.0667. The van der Waals surface area contributed by atoms with E-state index in [2.05, 4.69) is 32.9 Å². The summed E-state index contributed by atoms with van der Waals surface area (Å²) in [7, 11) is 0. The summed E-state index contributed by atoms with van der Waals surface area (Å²) < 4.78 is 4.82. The summed E-state index contributed by atoms with van der Waals surface area (Å²) in [5.74, 6) is -0.232. The highest BCUT2D eigenvalue weighted by Gasteiger charge is 2.30. The molecule has 3 rings (SSSR count). The van der Waals surface area contributed by atoms with Gasteiger partial charge in [0.05, 0.1) is 0 Å². The molecule has 0 unspecified atom stereocenters. The third-order valence-electron chi connectivity index (χ3n) is 2.99. The maximum absolute atomic E-state index is 11.7. The lowest BCUT2D eigenvalue weighted by atomic mass is 10.2. The van der Waals surface area contributed by atoms with Crippen LogP contribution in [-0.4, -0.2) is 14.7 Å². The van der Waals surface area contributed by atoms with E-state index in [1.54, 1.807) is 18.2 Å². The lowest BCUT2D eigenvalue weighted by molar-refractivity contribution is -0.115. The Morgan fingerprint density at radius 3 is 2.48 bits per heavy atom. The third-order valence-corrected chi connectivity index (χ3v) is 4.23. The summed E-state index contributed by atoms with van der Waals surface area (Å²) in [6.45, 7) is 0. The van der Waals surface area contributed by atoms with Crippen molar-refractivity contribution in [1.29, 1.82) is 0 Å². The molecule has 2 aromatic carbocycles. The molecule has 3 aromatic rings. The molecule has 0 radical (unpaired) electrons. The van der Waals surface area contributed by atoms with E-state index in [-0.39, 0.29) is 0 Å². The van der Waals surface area contributed by atoms with Crippen molar-refractivity contribution >= 4 is 80.1 Å². The van der Waals surface area contributed by atoms with Gasteiger partial charge in [-0.25, -0.2) is 4.98 Å². The van der Waals surface area contributed by atoms with Crippen LogP contribution in [0.5, 0.6) is 0 Å². The number of amides is 1. The minimum Gasteiger partial charge on any atom is -0.436 e. The average molecular weight is 482 g/mol. The van der Waals surface area contributed by atoms with Gasteiger partial charge in [0.1, 0.15) is 5.52 Å². The van der Waals surface area contributed by atoms with Gasteiger partial charge < -0.3 is 9.73 Å². The zero-order valence-electron chi connectivity index (χ0n) is 11.3. The van der Waals surface area contributed by atoms with Gasteiger partial charge in [-0.15, -0.1) is 0 Å². The van der Waals surface area contributed by atoms with E-state index in [9.17, 15) is 4.79 Å². The van der Waals surface area contributed by atoms with Crippen molar-refractivity contribution in [3.05, 3.63) is 46.0 Å². The molecule has 1 N–H and O–H groups in total. The predicted molar refractivity (Wildman–Crippen MR) is 101 cm³/mol. The summed E-state index contributed by atoms with van der Waals surface area (Å²) in [5, 5.41) is 2.51. The van der Waals surface area contributed by atoms with Crippen molar-refractivity contribution in [1.82, 2.24) is 4.98 Å². The number of aromatic nitrogens is 1. The Bertz CT molecular complexity index is 873. The molecule has 1 heterocycles. The second-order valence-corrected chi connectivity index (χ2v) is 8.19. The summed E-state index contributed by atoms with van der Waals surface area (Å²) in [6.07, 6.45) is 0. The molecule has 4 nitrogen and oxygen atoms in total. The number of nitrogens with zero attached hydrogens (tertiary/aromatic N) is 1. The molecule has 0 bridgehead atoms. The van der Waals surface area contributed by atoms with E-state index in [1.807, 2.05) is 24.3 Å². The number of fused-ring (bicyclic) bond motifs is 1. The Labute approximate surface area is 160 Å². The number of benzene rings is 2. The van der Waals surface area contributed by atoms with Gasteiger partial charge in [-0.3, -0.25) is 4.79 Å². The standard InChI is InChI=1S/C15H8Cl3IN2O2/c16-15(17,18)14(22)20-10-5-6-12-11(7-10)21-13(23-12)8-1-3-9(19)4-2-8/h1-7H,(H,20,22). The highest BCUT2D eigenvalue weighted by molar-refractivity contribution is 14.1. The molecular formula is C15H8Cl3IN2O2. The maximum Gasteiger partial charge on any atom is 0.276 e. The fourth-order valence-electron chi connectivity index (χ4n) is 1.92. The van der Waals surface area contributed by atoms with Gasteiger partial charge >= 0.3 is 0 Å². The van der Waals surface area contributed by atoms with Crippen LogP contribution in [0.15, 0.2) is 46.9 Å². The zero-order chi connectivity index (χ0) is 16.6. The van der Waals surface area contributed by atoms with Crippen molar-refractivity contribution in [2.75, 3.05) is 5.32 Å². The first-order valence-electron chi connectivity index (χ1n) is 6.37. The summed E-state index contributed by atoms with van der Waals surface area (Å²) in [6, 6.07) is 12.8. The molecule has 118 valence electrons. The number of alkyl halides is 3. The van der Waals surface area contributed by atoms with Crippen molar-refractivity contribution in [2.45, 2.75) is 3.79 Å². The van der Waals surface area contributed by atoms with Crippen LogP contribution in [0.3, 0.4) is 0 Å². The molecule has 1 aromatic heterocycles.